The summed E-state index contributed by atoms with van der Waals surface area (Å²) >= 11 is 3.49. The summed E-state index contributed by atoms with van der Waals surface area (Å²) in [6.07, 6.45) is 7.67. The van der Waals surface area contributed by atoms with Gasteiger partial charge < -0.3 is 10.7 Å². The van der Waals surface area contributed by atoms with Gasteiger partial charge in [0.2, 0.25) is 0 Å². The number of nitrogens with two attached hydrogens (primary N) is 1. The maximum atomic E-state index is 5.48. The monoisotopic (exact) mass is 321 g/mol. The molecule has 0 atom stereocenters. The first-order chi connectivity index (χ1) is 9.29. The lowest BCUT2D eigenvalue weighted by atomic mass is 10.1. The third-order valence-corrected chi connectivity index (χ3v) is 3.63. The summed E-state index contributed by atoms with van der Waals surface area (Å²) in [6.45, 7) is 0.799. The van der Waals surface area contributed by atoms with Gasteiger partial charge in [-0.15, -0.1) is 0 Å². The van der Waals surface area contributed by atoms with Crippen LogP contribution in [0.2, 0.25) is 0 Å². The van der Waals surface area contributed by atoms with Gasteiger partial charge in [-0.05, 0) is 31.5 Å². The van der Waals surface area contributed by atoms with Crippen molar-refractivity contribution in [2.75, 3.05) is 6.54 Å². The highest BCUT2D eigenvalue weighted by atomic mass is 79.9. The predicted octanol–water partition coefficient (Wildman–Crippen LogP) is 3.90. The minimum Gasteiger partial charge on any atom is -0.342 e. The summed E-state index contributed by atoms with van der Waals surface area (Å²) in [6, 6.07) is 8.24. The van der Waals surface area contributed by atoms with Gasteiger partial charge in [0.15, 0.2) is 0 Å². The Kier molecular flexibility index (Phi) is 5.61. The second-order valence-corrected chi connectivity index (χ2v) is 5.62. The highest BCUT2D eigenvalue weighted by molar-refractivity contribution is 9.10. The van der Waals surface area contributed by atoms with Gasteiger partial charge >= 0.3 is 0 Å². The number of benzene rings is 1. The van der Waals surface area contributed by atoms with Crippen molar-refractivity contribution in [2.45, 2.75) is 32.1 Å². The first-order valence-electron chi connectivity index (χ1n) is 6.79. The van der Waals surface area contributed by atoms with Crippen molar-refractivity contribution < 1.29 is 0 Å². The van der Waals surface area contributed by atoms with Gasteiger partial charge in [-0.3, -0.25) is 0 Å². The number of imidazole rings is 1. The SMILES string of the molecule is NCCCCCCc1ncc(-c2cccc(Br)c2)[nH]1. The Bertz CT molecular complexity index is 508. The lowest BCUT2D eigenvalue weighted by Gasteiger charge is -1.99. The van der Waals surface area contributed by atoms with Crippen LogP contribution >= 0.6 is 15.9 Å². The standard InChI is InChI=1S/C15H20BrN3/c16-13-7-5-6-12(10-13)14-11-18-15(19-14)8-3-1-2-4-9-17/h5-7,10-11H,1-4,8-9,17H2,(H,18,19). The molecule has 4 heteroatoms. The molecule has 1 aromatic heterocycles. The van der Waals surface area contributed by atoms with E-state index in [1.54, 1.807) is 0 Å². The first kappa shape index (κ1) is 14.3. The Hall–Kier alpha value is -1.13. The van der Waals surface area contributed by atoms with E-state index < -0.39 is 0 Å². The van der Waals surface area contributed by atoms with Gasteiger partial charge in [0.25, 0.3) is 0 Å². The number of aromatic nitrogens is 2. The van der Waals surface area contributed by atoms with Gasteiger partial charge in [-0.25, -0.2) is 4.98 Å². The van der Waals surface area contributed by atoms with Crippen molar-refractivity contribution in [2.24, 2.45) is 5.73 Å². The Labute approximate surface area is 122 Å². The van der Waals surface area contributed by atoms with Gasteiger partial charge in [0.1, 0.15) is 5.82 Å². The lowest BCUT2D eigenvalue weighted by molar-refractivity contribution is 0.638. The van der Waals surface area contributed by atoms with E-state index in [0.717, 1.165) is 40.9 Å². The molecule has 0 spiro atoms. The van der Waals surface area contributed by atoms with Crippen molar-refractivity contribution in [3.8, 4) is 11.3 Å². The van der Waals surface area contributed by atoms with Crippen LogP contribution in [0.25, 0.3) is 11.3 Å². The largest absolute Gasteiger partial charge is 0.342 e. The minimum absolute atomic E-state index is 0.799. The van der Waals surface area contributed by atoms with E-state index in [0.29, 0.717) is 0 Å². The van der Waals surface area contributed by atoms with Crippen molar-refractivity contribution in [1.82, 2.24) is 9.97 Å². The molecule has 2 rings (SSSR count). The molecule has 1 aromatic carbocycles. The minimum atomic E-state index is 0.799. The van der Waals surface area contributed by atoms with Gasteiger partial charge in [0.05, 0.1) is 11.9 Å². The maximum Gasteiger partial charge on any atom is 0.106 e. The van der Waals surface area contributed by atoms with Crippen LogP contribution in [0.3, 0.4) is 0 Å². The first-order valence-corrected chi connectivity index (χ1v) is 7.59. The second-order valence-electron chi connectivity index (χ2n) is 4.71. The van der Waals surface area contributed by atoms with E-state index >= 15 is 0 Å². The molecule has 3 nitrogen and oxygen atoms in total. The van der Waals surface area contributed by atoms with Crippen LogP contribution in [-0.4, -0.2) is 16.5 Å². The van der Waals surface area contributed by atoms with E-state index in [1.807, 2.05) is 18.3 Å². The molecular weight excluding hydrogens is 302 g/mol. The zero-order valence-corrected chi connectivity index (χ0v) is 12.6. The summed E-state index contributed by atoms with van der Waals surface area (Å²) in [5.41, 5.74) is 7.72. The number of hydrogen-bond acceptors (Lipinski definition) is 2. The number of halogens is 1. The Morgan fingerprint density at radius 3 is 2.79 bits per heavy atom. The maximum absolute atomic E-state index is 5.48. The molecular formula is C15H20BrN3. The Balaban J connectivity index is 1.88. The third kappa shape index (κ3) is 4.48. The molecule has 0 aliphatic heterocycles. The number of hydrogen-bond donors (Lipinski definition) is 2. The number of aryl methyl sites for hydroxylation is 1. The second kappa shape index (κ2) is 7.46. The molecule has 19 heavy (non-hydrogen) atoms. The van der Waals surface area contributed by atoms with E-state index in [9.17, 15) is 0 Å². The Morgan fingerprint density at radius 2 is 2.00 bits per heavy atom. The number of nitrogens with one attached hydrogen (secondary N) is 1. The smallest absolute Gasteiger partial charge is 0.106 e. The van der Waals surface area contributed by atoms with E-state index in [4.69, 9.17) is 5.73 Å². The van der Waals surface area contributed by atoms with Crippen LogP contribution < -0.4 is 5.73 Å². The zero-order valence-electron chi connectivity index (χ0n) is 11.0. The van der Waals surface area contributed by atoms with Crippen LogP contribution in [0, 0.1) is 0 Å². The van der Waals surface area contributed by atoms with Crippen molar-refractivity contribution in [1.29, 1.82) is 0 Å². The van der Waals surface area contributed by atoms with E-state index in [-0.39, 0.29) is 0 Å². The number of unbranched alkanes of at least 4 members (excludes halogenated alkanes) is 3. The normalized spacial score (nSPS) is 10.8. The molecule has 0 bridgehead atoms. The van der Waals surface area contributed by atoms with Gasteiger partial charge in [-0.2, -0.15) is 0 Å². The van der Waals surface area contributed by atoms with E-state index in [1.165, 1.54) is 19.3 Å². The third-order valence-electron chi connectivity index (χ3n) is 3.13. The molecule has 0 aliphatic carbocycles. The molecule has 1 heterocycles. The van der Waals surface area contributed by atoms with Crippen LogP contribution in [0.15, 0.2) is 34.9 Å². The highest BCUT2D eigenvalue weighted by Crippen LogP contribution is 2.21. The van der Waals surface area contributed by atoms with Crippen molar-refractivity contribution >= 4 is 15.9 Å². The molecule has 0 saturated heterocycles. The average molecular weight is 322 g/mol. The van der Waals surface area contributed by atoms with Crippen LogP contribution in [0.5, 0.6) is 0 Å². The number of nitrogens with zero attached hydrogens (tertiary/aromatic N) is 1. The fourth-order valence-electron chi connectivity index (χ4n) is 2.08. The fraction of sp³-hybridized carbons (Fsp3) is 0.400. The van der Waals surface area contributed by atoms with Gasteiger partial charge in [0, 0.05) is 16.5 Å². The van der Waals surface area contributed by atoms with Crippen molar-refractivity contribution in [3.05, 3.63) is 40.8 Å². The quantitative estimate of drug-likeness (QED) is 0.760. The molecule has 0 aliphatic rings. The summed E-state index contributed by atoms with van der Waals surface area (Å²) in [7, 11) is 0. The van der Waals surface area contributed by atoms with Gasteiger partial charge in [-0.1, -0.05) is 40.9 Å². The molecule has 0 saturated carbocycles. The predicted molar refractivity (Wildman–Crippen MR) is 83.0 cm³/mol. The zero-order chi connectivity index (χ0) is 13.5. The average Bonchev–Trinajstić information content (AvgIpc) is 2.87. The topological polar surface area (TPSA) is 54.7 Å². The van der Waals surface area contributed by atoms with Crippen LogP contribution in [0.1, 0.15) is 31.5 Å². The van der Waals surface area contributed by atoms with Crippen molar-refractivity contribution in [3.63, 3.8) is 0 Å². The number of H-pyrrole nitrogens is 1. The Morgan fingerprint density at radius 1 is 1.16 bits per heavy atom. The lowest BCUT2D eigenvalue weighted by Crippen LogP contribution is -1.98. The summed E-state index contributed by atoms with van der Waals surface area (Å²) < 4.78 is 1.09. The number of rotatable bonds is 7. The molecule has 3 N–H and O–H groups in total. The highest BCUT2D eigenvalue weighted by Gasteiger charge is 2.03. The fourth-order valence-corrected chi connectivity index (χ4v) is 2.48. The van der Waals surface area contributed by atoms with Crippen LogP contribution in [0.4, 0.5) is 0 Å². The molecule has 0 fully saturated rings. The summed E-state index contributed by atoms with van der Waals surface area (Å²) in [4.78, 5) is 7.84. The number of aromatic amines is 1. The molecule has 102 valence electrons. The van der Waals surface area contributed by atoms with Crippen LogP contribution in [-0.2, 0) is 6.42 Å². The van der Waals surface area contributed by atoms with E-state index in [2.05, 4.69) is 38.0 Å². The summed E-state index contributed by atoms with van der Waals surface area (Å²) in [5, 5.41) is 0. The molecule has 2 aromatic rings. The molecule has 0 unspecified atom stereocenters. The molecule has 0 radical (unpaired) electrons. The molecule has 0 amide bonds. The summed E-state index contributed by atoms with van der Waals surface area (Å²) in [5.74, 6) is 1.07.